The summed E-state index contributed by atoms with van der Waals surface area (Å²) in [5.74, 6) is 0. The molecule has 0 rings (SSSR count). The van der Waals surface area contributed by atoms with Crippen molar-refractivity contribution >= 4 is 0 Å². The minimum absolute atomic E-state index is 0.0621. The largest absolute Gasteiger partial charge is 0.394 e. The second kappa shape index (κ2) is 11.8. The predicted molar refractivity (Wildman–Crippen MR) is 49.5 cm³/mol. The lowest BCUT2D eigenvalue weighted by atomic mass is 10.5. The number of aliphatic hydroxyl groups is 1. The quantitative estimate of drug-likeness (QED) is 0.503. The minimum Gasteiger partial charge on any atom is -0.394 e. The number of ether oxygens (including phenoxy) is 3. The molecule has 4 nitrogen and oxygen atoms in total. The summed E-state index contributed by atoms with van der Waals surface area (Å²) >= 11 is 0. The summed E-state index contributed by atoms with van der Waals surface area (Å²) in [4.78, 5) is 0. The third kappa shape index (κ3) is 11.8. The zero-order chi connectivity index (χ0) is 9.78. The molecule has 0 bridgehead atoms. The van der Waals surface area contributed by atoms with Crippen LogP contribution >= 0.6 is 0 Å². The lowest BCUT2D eigenvalue weighted by Crippen LogP contribution is -2.10. The summed E-state index contributed by atoms with van der Waals surface area (Å²) < 4.78 is 15.3. The van der Waals surface area contributed by atoms with E-state index >= 15 is 0 Å². The van der Waals surface area contributed by atoms with Crippen LogP contribution in [0.1, 0.15) is 6.42 Å². The van der Waals surface area contributed by atoms with Crippen LogP contribution in [0.4, 0.5) is 0 Å². The summed E-state index contributed by atoms with van der Waals surface area (Å²) in [5.41, 5.74) is 0. The highest BCUT2D eigenvalue weighted by Crippen LogP contribution is 1.82. The van der Waals surface area contributed by atoms with E-state index in [1.165, 1.54) is 0 Å². The fourth-order valence-corrected chi connectivity index (χ4v) is 0.709. The molecular weight excluding hydrogens is 172 g/mol. The standard InChI is InChI=1S/C9H19O4/c1-2-4-11-6-8-13-9-7-12-5-3-10/h10H,1-9H2. The van der Waals surface area contributed by atoms with Gasteiger partial charge in [0.05, 0.1) is 39.6 Å². The smallest absolute Gasteiger partial charge is 0.0701 e. The van der Waals surface area contributed by atoms with Crippen molar-refractivity contribution in [2.24, 2.45) is 0 Å². The van der Waals surface area contributed by atoms with Crippen molar-refractivity contribution in [2.75, 3.05) is 46.2 Å². The Morgan fingerprint density at radius 1 is 0.769 bits per heavy atom. The second-order valence-corrected chi connectivity index (χ2v) is 2.41. The Morgan fingerprint density at radius 3 is 1.69 bits per heavy atom. The van der Waals surface area contributed by atoms with Crippen molar-refractivity contribution in [1.29, 1.82) is 0 Å². The lowest BCUT2D eigenvalue weighted by molar-refractivity contribution is 0.00833. The van der Waals surface area contributed by atoms with E-state index < -0.39 is 0 Å². The molecule has 0 saturated heterocycles. The molecule has 0 aliphatic rings. The monoisotopic (exact) mass is 191 g/mol. The van der Waals surface area contributed by atoms with Crippen molar-refractivity contribution in [3.8, 4) is 0 Å². The van der Waals surface area contributed by atoms with Crippen molar-refractivity contribution in [3.05, 3.63) is 6.92 Å². The molecule has 0 aliphatic heterocycles. The summed E-state index contributed by atoms with van der Waals surface area (Å²) in [6.45, 7) is 7.03. The molecule has 0 amide bonds. The van der Waals surface area contributed by atoms with E-state index in [0.29, 0.717) is 39.6 Å². The van der Waals surface area contributed by atoms with E-state index in [1.807, 2.05) is 0 Å². The Hall–Kier alpha value is -0.160. The topological polar surface area (TPSA) is 47.9 Å². The molecule has 0 unspecified atom stereocenters. The number of rotatable bonds is 10. The van der Waals surface area contributed by atoms with Crippen molar-refractivity contribution < 1.29 is 19.3 Å². The van der Waals surface area contributed by atoms with Crippen LogP contribution in [0, 0.1) is 6.92 Å². The SMILES string of the molecule is [CH2]CCOCCOCCOCCO. The molecule has 0 spiro atoms. The van der Waals surface area contributed by atoms with Gasteiger partial charge in [-0.3, -0.25) is 0 Å². The first-order chi connectivity index (χ1) is 6.41. The molecule has 0 aromatic rings. The second-order valence-electron chi connectivity index (χ2n) is 2.41. The molecule has 79 valence electrons. The van der Waals surface area contributed by atoms with Crippen LogP contribution in [0.3, 0.4) is 0 Å². The van der Waals surface area contributed by atoms with Crippen molar-refractivity contribution in [3.63, 3.8) is 0 Å². The van der Waals surface area contributed by atoms with Gasteiger partial charge in [0.2, 0.25) is 0 Å². The summed E-state index contributed by atoms with van der Waals surface area (Å²) in [6.07, 6.45) is 0.791. The van der Waals surface area contributed by atoms with Gasteiger partial charge in [-0.2, -0.15) is 0 Å². The normalized spacial score (nSPS) is 10.6. The maximum Gasteiger partial charge on any atom is 0.0701 e. The molecule has 0 atom stereocenters. The molecule has 0 saturated carbocycles. The maximum atomic E-state index is 8.37. The van der Waals surface area contributed by atoms with Gasteiger partial charge in [0.25, 0.3) is 0 Å². The average molecular weight is 191 g/mol. The van der Waals surface area contributed by atoms with E-state index in [2.05, 4.69) is 6.92 Å². The molecular formula is C9H19O4. The fraction of sp³-hybridized carbons (Fsp3) is 0.889. The first kappa shape index (κ1) is 12.8. The lowest BCUT2D eigenvalue weighted by Gasteiger charge is -2.04. The van der Waals surface area contributed by atoms with Crippen LogP contribution in [0.5, 0.6) is 0 Å². The fourth-order valence-electron chi connectivity index (χ4n) is 0.709. The summed E-state index contributed by atoms with van der Waals surface area (Å²) in [7, 11) is 0. The van der Waals surface area contributed by atoms with Gasteiger partial charge < -0.3 is 19.3 Å². The van der Waals surface area contributed by atoms with E-state index in [0.717, 1.165) is 6.42 Å². The molecule has 4 heteroatoms. The number of aliphatic hydroxyl groups excluding tert-OH is 1. The van der Waals surface area contributed by atoms with Gasteiger partial charge in [-0.05, 0) is 6.42 Å². The van der Waals surface area contributed by atoms with E-state index in [1.54, 1.807) is 0 Å². The van der Waals surface area contributed by atoms with Gasteiger partial charge in [0, 0.05) is 6.61 Å². The minimum atomic E-state index is 0.0621. The van der Waals surface area contributed by atoms with E-state index in [-0.39, 0.29) is 6.61 Å². The molecule has 0 aromatic heterocycles. The summed E-state index contributed by atoms with van der Waals surface area (Å²) in [5, 5.41) is 8.37. The molecule has 1 radical (unpaired) electrons. The van der Waals surface area contributed by atoms with Gasteiger partial charge in [-0.1, -0.05) is 6.92 Å². The first-order valence-corrected chi connectivity index (χ1v) is 4.55. The van der Waals surface area contributed by atoms with Gasteiger partial charge in [0.15, 0.2) is 0 Å². The summed E-state index contributed by atoms with van der Waals surface area (Å²) in [6, 6.07) is 0. The van der Waals surface area contributed by atoms with Crippen molar-refractivity contribution in [2.45, 2.75) is 6.42 Å². The highest BCUT2D eigenvalue weighted by Gasteiger charge is 1.89. The third-order valence-electron chi connectivity index (χ3n) is 1.27. The average Bonchev–Trinajstić information content (AvgIpc) is 2.16. The van der Waals surface area contributed by atoms with Gasteiger partial charge in [-0.25, -0.2) is 0 Å². The Labute approximate surface area is 79.8 Å². The molecule has 1 N–H and O–H groups in total. The Balaban J connectivity index is 2.76. The highest BCUT2D eigenvalue weighted by atomic mass is 16.5. The van der Waals surface area contributed by atoms with E-state index in [4.69, 9.17) is 19.3 Å². The van der Waals surface area contributed by atoms with Crippen LogP contribution in [0.25, 0.3) is 0 Å². The van der Waals surface area contributed by atoms with Crippen LogP contribution in [-0.2, 0) is 14.2 Å². The van der Waals surface area contributed by atoms with Crippen molar-refractivity contribution in [1.82, 2.24) is 0 Å². The number of hydrogen-bond acceptors (Lipinski definition) is 4. The van der Waals surface area contributed by atoms with Crippen LogP contribution < -0.4 is 0 Å². The highest BCUT2D eigenvalue weighted by molar-refractivity contribution is 4.37. The molecule has 0 heterocycles. The molecule has 0 fully saturated rings. The Bertz CT molecular complexity index is 77.7. The van der Waals surface area contributed by atoms with Crippen LogP contribution in [-0.4, -0.2) is 51.4 Å². The zero-order valence-corrected chi connectivity index (χ0v) is 8.04. The van der Waals surface area contributed by atoms with Crippen LogP contribution in [0.15, 0.2) is 0 Å². The van der Waals surface area contributed by atoms with Crippen LogP contribution in [0.2, 0.25) is 0 Å². The van der Waals surface area contributed by atoms with Gasteiger partial charge >= 0.3 is 0 Å². The third-order valence-corrected chi connectivity index (χ3v) is 1.27. The first-order valence-electron chi connectivity index (χ1n) is 4.55. The molecule has 13 heavy (non-hydrogen) atoms. The zero-order valence-electron chi connectivity index (χ0n) is 8.04. The van der Waals surface area contributed by atoms with Gasteiger partial charge in [0.1, 0.15) is 0 Å². The number of hydrogen-bond donors (Lipinski definition) is 1. The molecule has 0 aromatic carbocycles. The maximum absolute atomic E-state index is 8.37. The van der Waals surface area contributed by atoms with Gasteiger partial charge in [-0.15, -0.1) is 0 Å². The predicted octanol–water partition coefficient (Wildman–Crippen LogP) is 0.253. The molecule has 0 aliphatic carbocycles. The Kier molecular flexibility index (Phi) is 11.7. The Morgan fingerprint density at radius 2 is 1.23 bits per heavy atom. The van der Waals surface area contributed by atoms with E-state index in [9.17, 15) is 0 Å².